The second kappa shape index (κ2) is 6.75. The summed E-state index contributed by atoms with van der Waals surface area (Å²) in [4.78, 5) is 23.8. The highest BCUT2D eigenvalue weighted by Gasteiger charge is 2.20. The average molecular weight is 266 g/mol. The monoisotopic (exact) mass is 266 g/mol. The van der Waals surface area contributed by atoms with Crippen LogP contribution in [0.2, 0.25) is 0 Å². The third-order valence-electron chi connectivity index (χ3n) is 2.63. The van der Waals surface area contributed by atoms with E-state index in [9.17, 15) is 9.59 Å². The van der Waals surface area contributed by atoms with E-state index in [2.05, 4.69) is 5.32 Å². The molecule has 0 aliphatic heterocycles. The number of carboxylic acid groups (broad SMARTS) is 1. The molecule has 19 heavy (non-hydrogen) atoms. The van der Waals surface area contributed by atoms with Gasteiger partial charge in [0, 0.05) is 13.6 Å². The molecule has 0 saturated carbocycles. The van der Waals surface area contributed by atoms with Crippen molar-refractivity contribution >= 4 is 12.0 Å². The third kappa shape index (κ3) is 4.59. The van der Waals surface area contributed by atoms with Gasteiger partial charge in [0.2, 0.25) is 0 Å². The van der Waals surface area contributed by atoms with Gasteiger partial charge in [0.25, 0.3) is 0 Å². The smallest absolute Gasteiger partial charge is 0.328 e. The first-order valence-electron chi connectivity index (χ1n) is 5.85. The molecule has 104 valence electrons. The largest absolute Gasteiger partial charge is 0.480 e. The summed E-state index contributed by atoms with van der Waals surface area (Å²) in [5.74, 6) is -1.26. The Balaban J connectivity index is 2.60. The molecule has 6 nitrogen and oxygen atoms in total. The highest BCUT2D eigenvalue weighted by Crippen LogP contribution is 2.06. The Labute approximate surface area is 111 Å². The molecule has 0 radical (unpaired) electrons. The minimum atomic E-state index is -1.28. The van der Waals surface area contributed by atoms with E-state index in [0.29, 0.717) is 6.54 Å². The van der Waals surface area contributed by atoms with Gasteiger partial charge in [-0.05, 0) is 12.5 Å². The maximum Gasteiger partial charge on any atom is 0.328 e. The number of nitrogens with one attached hydrogen (secondary N) is 1. The lowest BCUT2D eigenvalue weighted by atomic mass is 10.1. The predicted molar refractivity (Wildman–Crippen MR) is 69.7 cm³/mol. The fourth-order valence-electron chi connectivity index (χ4n) is 1.60. The summed E-state index contributed by atoms with van der Waals surface area (Å²) in [6.07, 6.45) is 0. The van der Waals surface area contributed by atoms with Crippen molar-refractivity contribution in [3.63, 3.8) is 0 Å². The number of aliphatic carboxylic acids is 1. The number of urea groups is 1. The Morgan fingerprint density at radius 3 is 2.63 bits per heavy atom. The maximum atomic E-state index is 11.7. The van der Waals surface area contributed by atoms with Crippen molar-refractivity contribution in [2.45, 2.75) is 19.5 Å². The first kappa shape index (κ1) is 15.0. The van der Waals surface area contributed by atoms with Gasteiger partial charge in [0.15, 0.2) is 6.04 Å². The maximum absolute atomic E-state index is 11.7. The van der Waals surface area contributed by atoms with Crippen LogP contribution in [0.3, 0.4) is 0 Å². The zero-order valence-corrected chi connectivity index (χ0v) is 11.0. The van der Waals surface area contributed by atoms with Gasteiger partial charge in [-0.2, -0.15) is 0 Å². The summed E-state index contributed by atoms with van der Waals surface area (Å²) in [6, 6.07) is 5.86. The van der Waals surface area contributed by atoms with Crippen molar-refractivity contribution in [2.24, 2.45) is 0 Å². The van der Waals surface area contributed by atoms with Crippen LogP contribution in [0.15, 0.2) is 24.3 Å². The number of hydrogen-bond acceptors (Lipinski definition) is 3. The van der Waals surface area contributed by atoms with E-state index in [-0.39, 0.29) is 0 Å². The van der Waals surface area contributed by atoms with Crippen LogP contribution in [0.1, 0.15) is 11.1 Å². The van der Waals surface area contributed by atoms with E-state index < -0.39 is 24.6 Å². The first-order valence-corrected chi connectivity index (χ1v) is 5.85. The SMILES string of the molecule is Cc1cccc(CN(C)C(=O)N[C@@H](CO)C(=O)O)c1. The molecular weight excluding hydrogens is 248 g/mol. The van der Waals surface area contributed by atoms with Crippen LogP contribution < -0.4 is 5.32 Å². The summed E-state index contributed by atoms with van der Waals surface area (Å²) in [7, 11) is 1.56. The van der Waals surface area contributed by atoms with E-state index >= 15 is 0 Å². The van der Waals surface area contributed by atoms with Gasteiger partial charge in [-0.15, -0.1) is 0 Å². The van der Waals surface area contributed by atoms with E-state index in [0.717, 1.165) is 11.1 Å². The molecule has 0 saturated heterocycles. The number of benzene rings is 1. The molecule has 0 bridgehead atoms. The number of aliphatic hydroxyl groups is 1. The molecule has 0 fully saturated rings. The fourth-order valence-corrected chi connectivity index (χ4v) is 1.60. The first-order chi connectivity index (χ1) is 8.93. The molecule has 3 N–H and O–H groups in total. The average Bonchev–Trinajstić information content (AvgIpc) is 2.35. The topological polar surface area (TPSA) is 89.9 Å². The molecule has 0 aliphatic rings. The van der Waals surface area contributed by atoms with Crippen molar-refractivity contribution in [3.8, 4) is 0 Å². The highest BCUT2D eigenvalue weighted by atomic mass is 16.4. The van der Waals surface area contributed by atoms with Crippen LogP contribution in [0.4, 0.5) is 4.79 Å². The number of aliphatic hydroxyl groups excluding tert-OH is 1. The lowest BCUT2D eigenvalue weighted by Gasteiger charge is -2.20. The van der Waals surface area contributed by atoms with Crippen LogP contribution in [0, 0.1) is 6.92 Å². The third-order valence-corrected chi connectivity index (χ3v) is 2.63. The number of rotatable bonds is 5. The number of nitrogens with zero attached hydrogens (tertiary/aromatic N) is 1. The second-order valence-corrected chi connectivity index (χ2v) is 4.37. The zero-order valence-electron chi connectivity index (χ0n) is 11.0. The van der Waals surface area contributed by atoms with Gasteiger partial charge in [-0.25, -0.2) is 9.59 Å². The second-order valence-electron chi connectivity index (χ2n) is 4.37. The number of amides is 2. The Kier molecular flexibility index (Phi) is 5.32. The number of hydrogen-bond donors (Lipinski definition) is 3. The van der Waals surface area contributed by atoms with Gasteiger partial charge in [0.05, 0.1) is 6.61 Å². The van der Waals surface area contributed by atoms with E-state index in [1.54, 1.807) is 7.05 Å². The van der Waals surface area contributed by atoms with Gasteiger partial charge in [-0.1, -0.05) is 29.8 Å². The van der Waals surface area contributed by atoms with E-state index in [1.165, 1.54) is 4.90 Å². The molecule has 2 amide bonds. The van der Waals surface area contributed by atoms with Crippen molar-refractivity contribution in [1.29, 1.82) is 0 Å². The lowest BCUT2D eigenvalue weighted by molar-refractivity contribution is -0.140. The van der Waals surface area contributed by atoms with E-state index in [1.807, 2.05) is 31.2 Å². The molecule has 0 aliphatic carbocycles. The molecule has 0 spiro atoms. The molecule has 0 heterocycles. The van der Waals surface area contributed by atoms with E-state index in [4.69, 9.17) is 10.2 Å². The quantitative estimate of drug-likeness (QED) is 0.727. The van der Waals surface area contributed by atoms with Gasteiger partial charge in [-0.3, -0.25) is 0 Å². The fraction of sp³-hybridized carbons (Fsp3) is 0.385. The normalized spacial score (nSPS) is 11.7. The molecule has 1 aromatic carbocycles. The Bertz CT molecular complexity index is 462. The van der Waals surface area contributed by atoms with Crippen molar-refractivity contribution < 1.29 is 19.8 Å². The molecule has 6 heteroatoms. The number of carbonyl (C=O) groups is 2. The zero-order chi connectivity index (χ0) is 14.4. The van der Waals surface area contributed by atoms with Crippen LogP contribution in [0.5, 0.6) is 0 Å². The van der Waals surface area contributed by atoms with Crippen molar-refractivity contribution in [3.05, 3.63) is 35.4 Å². The van der Waals surface area contributed by atoms with Gasteiger partial charge in [0.1, 0.15) is 0 Å². The molecule has 1 aromatic rings. The van der Waals surface area contributed by atoms with Crippen LogP contribution in [-0.2, 0) is 11.3 Å². The predicted octanol–water partition coefficient (Wildman–Crippen LogP) is 0.582. The summed E-state index contributed by atoms with van der Waals surface area (Å²) < 4.78 is 0. The molecule has 0 unspecified atom stereocenters. The lowest BCUT2D eigenvalue weighted by Crippen LogP contribution is -2.48. The van der Waals surface area contributed by atoms with Crippen molar-refractivity contribution in [1.82, 2.24) is 10.2 Å². The standard InChI is InChI=1S/C13H18N2O4/c1-9-4-3-5-10(6-9)7-15(2)13(19)14-11(8-16)12(17)18/h3-6,11,16H,7-8H2,1-2H3,(H,14,19)(H,17,18)/t11-/m0/s1. The summed E-state index contributed by atoms with van der Waals surface area (Å²) >= 11 is 0. The number of aryl methyl sites for hydroxylation is 1. The summed E-state index contributed by atoms with van der Waals surface area (Å²) in [5, 5.41) is 19.8. The molecular formula is C13H18N2O4. The van der Waals surface area contributed by atoms with Crippen molar-refractivity contribution in [2.75, 3.05) is 13.7 Å². The minimum Gasteiger partial charge on any atom is -0.480 e. The van der Waals surface area contributed by atoms with Crippen LogP contribution >= 0.6 is 0 Å². The Morgan fingerprint density at radius 1 is 1.42 bits per heavy atom. The molecule has 1 atom stereocenters. The number of carbonyl (C=O) groups excluding carboxylic acids is 1. The Hall–Kier alpha value is -2.08. The number of carboxylic acids is 1. The van der Waals surface area contributed by atoms with Crippen LogP contribution in [0.25, 0.3) is 0 Å². The molecule has 1 rings (SSSR count). The summed E-state index contributed by atoms with van der Waals surface area (Å²) in [5.41, 5.74) is 2.04. The minimum absolute atomic E-state index is 0.366. The van der Waals surface area contributed by atoms with Crippen LogP contribution in [-0.4, -0.2) is 46.8 Å². The molecule has 0 aromatic heterocycles. The highest BCUT2D eigenvalue weighted by molar-refractivity contribution is 5.82. The van der Waals surface area contributed by atoms with Gasteiger partial charge < -0.3 is 20.4 Å². The Morgan fingerprint density at radius 2 is 2.11 bits per heavy atom. The van der Waals surface area contributed by atoms with Gasteiger partial charge >= 0.3 is 12.0 Å². The summed E-state index contributed by atoms with van der Waals surface area (Å²) in [6.45, 7) is 1.68.